The molecule has 98 valence electrons. The van der Waals surface area contributed by atoms with Gasteiger partial charge in [-0.05, 0) is 38.6 Å². The summed E-state index contributed by atoms with van der Waals surface area (Å²) in [5.41, 5.74) is 0. The molecular weight excluding hydrogens is 280 g/mol. The Morgan fingerprint density at radius 3 is 2.94 bits per heavy atom. The van der Waals surface area contributed by atoms with Crippen molar-refractivity contribution in [3.8, 4) is 0 Å². The van der Waals surface area contributed by atoms with E-state index in [1.54, 1.807) is 0 Å². The van der Waals surface area contributed by atoms with E-state index in [2.05, 4.69) is 26.1 Å². The second kappa shape index (κ2) is 6.74. The van der Waals surface area contributed by atoms with Gasteiger partial charge in [0, 0.05) is 30.4 Å². The third-order valence-corrected chi connectivity index (χ3v) is 4.55. The molecule has 4 heteroatoms. The fraction of sp³-hybridized carbons (Fsp3) is 0.923. The van der Waals surface area contributed by atoms with E-state index >= 15 is 0 Å². The average molecular weight is 303 g/mol. The highest BCUT2D eigenvalue weighted by molar-refractivity contribution is 9.09. The van der Waals surface area contributed by atoms with Crippen molar-refractivity contribution in [2.24, 2.45) is 0 Å². The van der Waals surface area contributed by atoms with Gasteiger partial charge in [0.05, 0.1) is 0 Å². The molecule has 2 aliphatic rings. The maximum Gasteiger partial charge on any atom is 0.220 e. The van der Waals surface area contributed by atoms with Gasteiger partial charge in [-0.2, -0.15) is 0 Å². The van der Waals surface area contributed by atoms with Crippen LogP contribution in [-0.2, 0) is 4.79 Å². The van der Waals surface area contributed by atoms with Crippen LogP contribution in [0.5, 0.6) is 0 Å². The van der Waals surface area contributed by atoms with Gasteiger partial charge in [-0.25, -0.2) is 0 Å². The summed E-state index contributed by atoms with van der Waals surface area (Å²) in [6.07, 6.45) is 7.86. The van der Waals surface area contributed by atoms with Crippen molar-refractivity contribution in [3.63, 3.8) is 0 Å². The number of piperidine rings is 1. The van der Waals surface area contributed by atoms with E-state index in [0.717, 1.165) is 24.6 Å². The Labute approximate surface area is 112 Å². The molecule has 2 saturated heterocycles. The lowest BCUT2D eigenvalue weighted by molar-refractivity contribution is -0.122. The molecule has 0 radical (unpaired) electrons. The van der Waals surface area contributed by atoms with Gasteiger partial charge in [0.2, 0.25) is 5.91 Å². The Morgan fingerprint density at radius 1 is 1.24 bits per heavy atom. The molecule has 2 atom stereocenters. The van der Waals surface area contributed by atoms with Crippen LogP contribution in [0, 0.1) is 0 Å². The van der Waals surface area contributed by atoms with E-state index in [4.69, 9.17) is 0 Å². The summed E-state index contributed by atoms with van der Waals surface area (Å²) in [5, 5.41) is 4.24. The van der Waals surface area contributed by atoms with Crippen LogP contribution in [0.2, 0.25) is 0 Å². The average Bonchev–Trinajstić information content (AvgIpc) is 2.73. The van der Waals surface area contributed by atoms with Gasteiger partial charge in [-0.3, -0.25) is 9.69 Å². The molecule has 3 nitrogen and oxygen atoms in total. The molecule has 0 bridgehead atoms. The zero-order valence-electron chi connectivity index (χ0n) is 10.5. The number of halogens is 1. The summed E-state index contributed by atoms with van der Waals surface area (Å²) in [4.78, 5) is 14.4. The number of rotatable bonds is 5. The van der Waals surface area contributed by atoms with E-state index in [1.807, 2.05) is 0 Å². The number of nitrogens with zero attached hydrogens (tertiary/aromatic N) is 1. The SMILES string of the molecule is O=C(CCCCBr)NC1CCN2CCCCC12. The second-order valence-electron chi connectivity index (χ2n) is 5.21. The van der Waals surface area contributed by atoms with Gasteiger partial charge in [-0.1, -0.05) is 22.4 Å². The molecule has 0 aliphatic carbocycles. The summed E-state index contributed by atoms with van der Waals surface area (Å²) >= 11 is 3.39. The lowest BCUT2D eigenvalue weighted by Crippen LogP contribution is -2.46. The number of hydrogen-bond acceptors (Lipinski definition) is 2. The first-order valence-electron chi connectivity index (χ1n) is 6.90. The van der Waals surface area contributed by atoms with E-state index in [0.29, 0.717) is 18.5 Å². The maximum atomic E-state index is 11.8. The van der Waals surface area contributed by atoms with Crippen molar-refractivity contribution >= 4 is 21.8 Å². The van der Waals surface area contributed by atoms with Crippen LogP contribution in [0.15, 0.2) is 0 Å². The number of alkyl halides is 1. The minimum absolute atomic E-state index is 0.253. The van der Waals surface area contributed by atoms with Crippen molar-refractivity contribution in [1.29, 1.82) is 0 Å². The Hall–Kier alpha value is -0.0900. The standard InChI is InChI=1S/C13H23BrN2O/c14-8-3-1-6-13(17)15-11-7-10-16-9-4-2-5-12(11)16/h11-12H,1-10H2,(H,15,17). The van der Waals surface area contributed by atoms with Crippen LogP contribution in [-0.4, -0.2) is 41.3 Å². The largest absolute Gasteiger partial charge is 0.352 e. The zero-order valence-corrected chi connectivity index (χ0v) is 12.0. The lowest BCUT2D eigenvalue weighted by Gasteiger charge is -2.32. The van der Waals surface area contributed by atoms with Gasteiger partial charge in [-0.15, -0.1) is 0 Å². The molecule has 0 aromatic carbocycles. The Morgan fingerprint density at radius 2 is 2.12 bits per heavy atom. The molecule has 2 rings (SSSR count). The van der Waals surface area contributed by atoms with Crippen molar-refractivity contribution in [2.75, 3.05) is 18.4 Å². The van der Waals surface area contributed by atoms with Crippen molar-refractivity contribution in [2.45, 2.75) is 57.0 Å². The predicted molar refractivity (Wildman–Crippen MR) is 73.4 cm³/mol. The monoisotopic (exact) mass is 302 g/mol. The maximum absolute atomic E-state index is 11.8. The molecule has 17 heavy (non-hydrogen) atoms. The van der Waals surface area contributed by atoms with Crippen LogP contribution in [0.4, 0.5) is 0 Å². The summed E-state index contributed by atoms with van der Waals surface area (Å²) in [6.45, 7) is 2.41. The zero-order chi connectivity index (χ0) is 12.1. The third kappa shape index (κ3) is 3.68. The molecule has 0 saturated carbocycles. The summed E-state index contributed by atoms with van der Waals surface area (Å²) in [6, 6.07) is 1.05. The lowest BCUT2D eigenvalue weighted by atomic mass is 9.99. The van der Waals surface area contributed by atoms with Gasteiger partial charge < -0.3 is 5.32 Å². The van der Waals surface area contributed by atoms with Gasteiger partial charge in [0.1, 0.15) is 0 Å². The first-order chi connectivity index (χ1) is 8.31. The molecule has 0 aromatic rings. The van der Waals surface area contributed by atoms with E-state index in [-0.39, 0.29) is 5.91 Å². The fourth-order valence-corrected chi connectivity index (χ4v) is 3.47. The highest BCUT2D eigenvalue weighted by Crippen LogP contribution is 2.27. The Balaban J connectivity index is 1.73. The van der Waals surface area contributed by atoms with Gasteiger partial charge in [0.25, 0.3) is 0 Å². The molecule has 1 amide bonds. The molecule has 0 aromatic heterocycles. The second-order valence-corrected chi connectivity index (χ2v) is 6.00. The first kappa shape index (κ1) is 13.3. The highest BCUT2D eigenvalue weighted by atomic mass is 79.9. The van der Waals surface area contributed by atoms with Crippen molar-refractivity contribution in [1.82, 2.24) is 10.2 Å². The van der Waals surface area contributed by atoms with E-state index in [9.17, 15) is 4.79 Å². The van der Waals surface area contributed by atoms with Crippen LogP contribution >= 0.6 is 15.9 Å². The number of carbonyl (C=O) groups is 1. The number of nitrogens with one attached hydrogen (secondary N) is 1. The number of carbonyl (C=O) groups excluding carboxylic acids is 1. The van der Waals surface area contributed by atoms with Gasteiger partial charge in [0.15, 0.2) is 0 Å². The minimum Gasteiger partial charge on any atom is -0.352 e. The molecule has 2 fully saturated rings. The van der Waals surface area contributed by atoms with Crippen LogP contribution in [0.25, 0.3) is 0 Å². The fourth-order valence-electron chi connectivity index (χ4n) is 3.07. The predicted octanol–water partition coefficient (Wildman–Crippen LogP) is 2.29. The van der Waals surface area contributed by atoms with E-state index < -0.39 is 0 Å². The smallest absolute Gasteiger partial charge is 0.220 e. The molecule has 2 unspecified atom stereocenters. The summed E-state index contributed by atoms with van der Waals surface area (Å²) in [5.74, 6) is 0.253. The molecule has 2 heterocycles. The van der Waals surface area contributed by atoms with Crippen LogP contribution in [0.1, 0.15) is 44.9 Å². The number of amides is 1. The molecular formula is C13H23BrN2O. The van der Waals surface area contributed by atoms with Crippen LogP contribution < -0.4 is 5.32 Å². The highest BCUT2D eigenvalue weighted by Gasteiger charge is 2.35. The number of fused-ring (bicyclic) bond motifs is 1. The molecule has 1 N–H and O–H groups in total. The molecule has 0 spiro atoms. The van der Waals surface area contributed by atoms with E-state index in [1.165, 1.54) is 32.4 Å². The first-order valence-corrected chi connectivity index (χ1v) is 8.03. The minimum atomic E-state index is 0.253. The Bertz CT molecular complexity index is 260. The third-order valence-electron chi connectivity index (χ3n) is 3.99. The molecule has 2 aliphatic heterocycles. The number of unbranched alkanes of at least 4 members (excludes halogenated alkanes) is 1. The Kier molecular flexibility index (Phi) is 5.29. The van der Waals surface area contributed by atoms with Crippen LogP contribution in [0.3, 0.4) is 0 Å². The van der Waals surface area contributed by atoms with Gasteiger partial charge >= 0.3 is 0 Å². The quantitative estimate of drug-likeness (QED) is 0.624. The van der Waals surface area contributed by atoms with Crippen molar-refractivity contribution < 1.29 is 4.79 Å². The number of hydrogen-bond donors (Lipinski definition) is 1. The van der Waals surface area contributed by atoms with Crippen molar-refractivity contribution in [3.05, 3.63) is 0 Å². The summed E-state index contributed by atoms with van der Waals surface area (Å²) < 4.78 is 0. The normalized spacial score (nSPS) is 29.0. The summed E-state index contributed by atoms with van der Waals surface area (Å²) in [7, 11) is 0. The topological polar surface area (TPSA) is 32.3 Å².